The van der Waals surface area contributed by atoms with Crippen LogP contribution in [0, 0.1) is 41.5 Å². The van der Waals surface area contributed by atoms with Gasteiger partial charge in [0, 0.05) is 68.2 Å². The van der Waals surface area contributed by atoms with E-state index in [2.05, 4.69) is 352 Å². The van der Waals surface area contributed by atoms with E-state index in [-0.39, 0.29) is 0 Å². The number of benzene rings is 12. The molecular weight excluding hydrogens is 993 g/mol. The van der Waals surface area contributed by atoms with E-state index in [1.807, 2.05) is 0 Å². The minimum absolute atomic E-state index is 1.11. The highest BCUT2D eigenvalue weighted by Gasteiger charge is 2.21. The molecule has 0 spiro atoms. The molecule has 12 aromatic rings. The van der Waals surface area contributed by atoms with Crippen molar-refractivity contribution in [2.45, 2.75) is 41.5 Å². The van der Waals surface area contributed by atoms with Crippen LogP contribution >= 0.6 is 0 Å². The van der Waals surface area contributed by atoms with Crippen molar-refractivity contribution in [2.75, 3.05) is 19.6 Å². The SMILES string of the molecule is Cc1cc(N(c2ccccc2)c2ccccc2)ccc1-c1ccc(N(c2ccccc2)c2ccc(-c3ccc(N(c4ccccc4)c4ccc(-c5ccc(N(c6ccccc6)c6ccccc6)cc5C)c(C)c4)cc3C)c(C)c2)cc1C. The lowest BCUT2D eigenvalue weighted by molar-refractivity contribution is 1.25. The molecule has 0 heterocycles. The summed E-state index contributed by atoms with van der Waals surface area (Å²) in [5.41, 5.74) is 28.0. The molecule has 12 aromatic carbocycles. The fourth-order valence-electron chi connectivity index (χ4n) is 11.8. The van der Waals surface area contributed by atoms with E-state index < -0.39 is 0 Å². The Bertz CT molecular complexity index is 3810. The van der Waals surface area contributed by atoms with Gasteiger partial charge in [0.1, 0.15) is 0 Å². The number of aryl methyl sites for hydroxylation is 6. The van der Waals surface area contributed by atoms with Gasteiger partial charge in [0.25, 0.3) is 0 Å². The second kappa shape index (κ2) is 23.3. The topological polar surface area (TPSA) is 13.0 Å². The van der Waals surface area contributed by atoms with Gasteiger partial charge in [-0.2, -0.15) is 0 Å². The molecule has 0 radical (unpaired) electrons. The second-order valence-electron chi connectivity index (χ2n) is 21.4. The summed E-state index contributed by atoms with van der Waals surface area (Å²) < 4.78 is 0. The standard InChI is InChI=1S/C78H66N4/c1-55-49-67(79(61-25-13-7-14-26-61)62-27-15-8-16-28-62)37-43-73(55)75-45-39-69(51-57(75)3)81(65-33-21-11-22-34-65)71-41-47-77(59(5)53-71)78-48-42-72(54-60(78)6)82(66-35-23-12-24-36-66)70-40-46-76(58(4)52-70)74-44-38-68(50-56(74)2)80(63-29-17-9-18-30-63)64-31-19-10-20-32-64/h7-54H,1-6H3. The van der Waals surface area contributed by atoms with Crippen molar-refractivity contribution in [3.8, 4) is 33.4 Å². The minimum Gasteiger partial charge on any atom is -0.310 e. The van der Waals surface area contributed by atoms with Gasteiger partial charge >= 0.3 is 0 Å². The Morgan fingerprint density at radius 1 is 0.146 bits per heavy atom. The summed E-state index contributed by atoms with van der Waals surface area (Å²) in [6.45, 7) is 13.4. The first-order valence-electron chi connectivity index (χ1n) is 28.3. The fourth-order valence-corrected chi connectivity index (χ4v) is 11.8. The van der Waals surface area contributed by atoms with Crippen molar-refractivity contribution in [2.24, 2.45) is 0 Å². The molecule has 0 aliphatic carbocycles. The number of anilines is 12. The van der Waals surface area contributed by atoms with Crippen LogP contribution in [-0.4, -0.2) is 0 Å². The molecule has 0 unspecified atom stereocenters. The molecule has 12 rings (SSSR count). The molecule has 398 valence electrons. The van der Waals surface area contributed by atoms with E-state index in [1.54, 1.807) is 0 Å². The molecule has 0 fully saturated rings. The van der Waals surface area contributed by atoms with Crippen molar-refractivity contribution in [3.05, 3.63) is 325 Å². The maximum absolute atomic E-state index is 2.38. The molecule has 0 aromatic heterocycles. The Labute approximate surface area is 484 Å². The Morgan fingerprint density at radius 3 is 0.415 bits per heavy atom. The lowest BCUT2D eigenvalue weighted by Gasteiger charge is -2.28. The molecule has 0 bridgehead atoms. The highest BCUT2D eigenvalue weighted by atomic mass is 15.2. The molecule has 4 nitrogen and oxygen atoms in total. The summed E-state index contributed by atoms with van der Waals surface area (Å²) in [5.74, 6) is 0. The van der Waals surface area contributed by atoms with Gasteiger partial charge in [0.2, 0.25) is 0 Å². The third-order valence-electron chi connectivity index (χ3n) is 15.8. The largest absolute Gasteiger partial charge is 0.310 e. The first kappa shape index (κ1) is 52.5. The van der Waals surface area contributed by atoms with E-state index in [0.29, 0.717) is 0 Å². The zero-order chi connectivity index (χ0) is 56.1. The van der Waals surface area contributed by atoms with Crippen molar-refractivity contribution in [3.63, 3.8) is 0 Å². The molecular formula is C78H66N4. The Balaban J connectivity index is 0.828. The summed E-state index contributed by atoms with van der Waals surface area (Å²) in [4.78, 5) is 9.40. The van der Waals surface area contributed by atoms with Crippen molar-refractivity contribution in [1.82, 2.24) is 0 Å². The molecule has 0 saturated carbocycles. The first-order chi connectivity index (χ1) is 40.2. The van der Waals surface area contributed by atoms with Crippen LogP contribution in [0.1, 0.15) is 33.4 Å². The van der Waals surface area contributed by atoms with Crippen LogP contribution in [0.3, 0.4) is 0 Å². The Kier molecular flexibility index (Phi) is 14.9. The zero-order valence-electron chi connectivity index (χ0n) is 47.5. The molecule has 4 heteroatoms. The number of nitrogens with zero attached hydrogens (tertiary/aromatic N) is 4. The van der Waals surface area contributed by atoms with Crippen molar-refractivity contribution >= 4 is 68.2 Å². The van der Waals surface area contributed by atoms with Crippen LogP contribution in [-0.2, 0) is 0 Å². The number of rotatable bonds is 15. The van der Waals surface area contributed by atoms with Gasteiger partial charge in [-0.15, -0.1) is 0 Å². The zero-order valence-corrected chi connectivity index (χ0v) is 47.5. The molecule has 0 atom stereocenters. The van der Waals surface area contributed by atoms with Gasteiger partial charge in [-0.25, -0.2) is 0 Å². The number of para-hydroxylation sites is 6. The molecule has 0 aliphatic heterocycles. The normalized spacial score (nSPS) is 11.0. The Morgan fingerprint density at radius 2 is 0.280 bits per heavy atom. The molecule has 0 N–H and O–H groups in total. The molecule has 0 aliphatic rings. The van der Waals surface area contributed by atoms with Crippen LogP contribution in [0.4, 0.5) is 68.2 Å². The van der Waals surface area contributed by atoms with Gasteiger partial charge in [-0.05, 0) is 254 Å². The highest BCUT2D eigenvalue weighted by molar-refractivity contribution is 5.87. The molecule has 82 heavy (non-hydrogen) atoms. The summed E-state index contributed by atoms with van der Waals surface area (Å²) in [6.07, 6.45) is 0. The smallest absolute Gasteiger partial charge is 0.0464 e. The fraction of sp³-hybridized carbons (Fsp3) is 0.0769. The summed E-state index contributed by atoms with van der Waals surface area (Å²) in [5, 5.41) is 0. The predicted octanol–water partition coefficient (Wildman–Crippen LogP) is 22.4. The monoisotopic (exact) mass is 1060 g/mol. The van der Waals surface area contributed by atoms with E-state index >= 15 is 0 Å². The molecule has 0 amide bonds. The first-order valence-corrected chi connectivity index (χ1v) is 28.3. The maximum atomic E-state index is 2.38. The lowest BCUT2D eigenvalue weighted by atomic mass is 9.94. The van der Waals surface area contributed by atoms with Crippen LogP contribution in [0.5, 0.6) is 0 Å². The van der Waals surface area contributed by atoms with Gasteiger partial charge in [0.15, 0.2) is 0 Å². The summed E-state index contributed by atoms with van der Waals surface area (Å²) in [7, 11) is 0. The number of hydrogen-bond donors (Lipinski definition) is 0. The quantitative estimate of drug-likeness (QED) is 0.101. The van der Waals surface area contributed by atoms with Crippen LogP contribution in [0.15, 0.2) is 291 Å². The second-order valence-corrected chi connectivity index (χ2v) is 21.4. The summed E-state index contributed by atoms with van der Waals surface area (Å²) >= 11 is 0. The highest BCUT2D eigenvalue weighted by Crippen LogP contribution is 2.45. The maximum Gasteiger partial charge on any atom is 0.0464 e. The molecule has 0 saturated heterocycles. The summed E-state index contributed by atoms with van der Waals surface area (Å²) in [6, 6.07) is 105. The van der Waals surface area contributed by atoms with E-state index in [1.165, 1.54) is 66.8 Å². The van der Waals surface area contributed by atoms with Gasteiger partial charge < -0.3 is 19.6 Å². The van der Waals surface area contributed by atoms with E-state index in [0.717, 1.165) is 68.2 Å². The van der Waals surface area contributed by atoms with Crippen LogP contribution in [0.2, 0.25) is 0 Å². The van der Waals surface area contributed by atoms with E-state index in [9.17, 15) is 0 Å². The third kappa shape index (κ3) is 10.7. The van der Waals surface area contributed by atoms with Gasteiger partial charge in [-0.3, -0.25) is 0 Å². The predicted molar refractivity (Wildman–Crippen MR) is 350 cm³/mol. The average Bonchev–Trinajstić information content (AvgIpc) is 3.38. The van der Waals surface area contributed by atoms with E-state index in [4.69, 9.17) is 0 Å². The van der Waals surface area contributed by atoms with Crippen molar-refractivity contribution < 1.29 is 0 Å². The van der Waals surface area contributed by atoms with Gasteiger partial charge in [0.05, 0.1) is 0 Å². The third-order valence-corrected chi connectivity index (χ3v) is 15.8. The lowest BCUT2D eigenvalue weighted by Crippen LogP contribution is -2.11. The van der Waals surface area contributed by atoms with Crippen molar-refractivity contribution in [1.29, 1.82) is 0 Å². The Hall–Kier alpha value is -10.2. The van der Waals surface area contributed by atoms with Gasteiger partial charge in [-0.1, -0.05) is 146 Å². The van der Waals surface area contributed by atoms with Crippen LogP contribution < -0.4 is 19.6 Å². The number of hydrogen-bond acceptors (Lipinski definition) is 4. The minimum atomic E-state index is 1.11. The van der Waals surface area contributed by atoms with Crippen LogP contribution in [0.25, 0.3) is 33.4 Å². The average molecular weight is 1060 g/mol.